The third-order valence-corrected chi connectivity index (χ3v) is 4.54. The van der Waals surface area contributed by atoms with E-state index in [4.69, 9.17) is 4.42 Å². The molecule has 0 spiro atoms. The van der Waals surface area contributed by atoms with Crippen molar-refractivity contribution in [2.45, 2.75) is 0 Å². The molecular weight excluding hydrogens is 316 g/mol. The average Bonchev–Trinajstić information content (AvgIpc) is 3.31. The number of hydrogen-bond donors (Lipinski definition) is 2. The number of fused-ring (bicyclic) bond motifs is 2. The van der Waals surface area contributed by atoms with Crippen molar-refractivity contribution in [1.29, 1.82) is 0 Å². The Kier molecular flexibility index (Phi) is 2.73. The molecule has 2 aromatic carbocycles. The SMILES string of the molecule is O=C1NC(=O)C(c2cccc3ccoc23)=C1c1c[nH]c2ccccc12. The number of H-pyrrole nitrogens is 1. The van der Waals surface area contributed by atoms with Crippen molar-refractivity contribution in [3.05, 3.63) is 72.1 Å². The topological polar surface area (TPSA) is 75.1 Å². The van der Waals surface area contributed by atoms with Crippen LogP contribution in [0.5, 0.6) is 0 Å². The van der Waals surface area contributed by atoms with Gasteiger partial charge in [-0.05, 0) is 12.1 Å². The van der Waals surface area contributed by atoms with Crippen molar-refractivity contribution >= 4 is 44.8 Å². The molecule has 120 valence electrons. The van der Waals surface area contributed by atoms with E-state index in [9.17, 15) is 9.59 Å². The van der Waals surface area contributed by atoms with Gasteiger partial charge in [-0.25, -0.2) is 0 Å². The van der Waals surface area contributed by atoms with Gasteiger partial charge in [-0.3, -0.25) is 14.9 Å². The molecule has 2 amide bonds. The van der Waals surface area contributed by atoms with Gasteiger partial charge in [-0.1, -0.05) is 36.4 Å². The first-order valence-electron chi connectivity index (χ1n) is 7.87. The fourth-order valence-electron chi connectivity index (χ4n) is 3.44. The zero-order valence-corrected chi connectivity index (χ0v) is 13.0. The minimum atomic E-state index is -0.408. The Morgan fingerprint density at radius 1 is 0.800 bits per heavy atom. The minimum absolute atomic E-state index is 0.343. The second kappa shape index (κ2) is 4.95. The predicted octanol–water partition coefficient (Wildman–Crippen LogP) is 3.48. The maximum absolute atomic E-state index is 12.6. The number of hydrogen-bond acceptors (Lipinski definition) is 3. The highest BCUT2D eigenvalue weighted by molar-refractivity contribution is 6.50. The van der Waals surface area contributed by atoms with Crippen LogP contribution in [0.4, 0.5) is 0 Å². The number of amides is 2. The first kappa shape index (κ1) is 13.8. The lowest BCUT2D eigenvalue weighted by Crippen LogP contribution is -2.22. The summed E-state index contributed by atoms with van der Waals surface area (Å²) in [6, 6.07) is 15.1. The van der Waals surface area contributed by atoms with E-state index in [0.29, 0.717) is 27.9 Å². The molecule has 3 heterocycles. The van der Waals surface area contributed by atoms with Crippen molar-refractivity contribution in [2.75, 3.05) is 0 Å². The Labute approximate surface area is 141 Å². The molecule has 5 heteroatoms. The van der Waals surface area contributed by atoms with Crippen LogP contribution >= 0.6 is 0 Å². The number of aromatic amines is 1. The zero-order valence-electron chi connectivity index (χ0n) is 13.0. The number of aromatic nitrogens is 1. The Bertz CT molecular complexity index is 1210. The van der Waals surface area contributed by atoms with Crippen LogP contribution in [0.2, 0.25) is 0 Å². The molecule has 5 nitrogen and oxygen atoms in total. The third kappa shape index (κ3) is 1.89. The van der Waals surface area contributed by atoms with E-state index in [1.165, 1.54) is 0 Å². The highest BCUT2D eigenvalue weighted by Crippen LogP contribution is 2.37. The highest BCUT2D eigenvalue weighted by atomic mass is 16.3. The molecule has 1 aliphatic rings. The van der Waals surface area contributed by atoms with Gasteiger partial charge in [0.15, 0.2) is 0 Å². The molecule has 4 aromatic rings. The molecule has 0 radical (unpaired) electrons. The molecule has 0 atom stereocenters. The van der Waals surface area contributed by atoms with Gasteiger partial charge in [0.1, 0.15) is 5.58 Å². The number of carbonyl (C=O) groups is 2. The number of rotatable bonds is 2. The highest BCUT2D eigenvalue weighted by Gasteiger charge is 2.34. The van der Waals surface area contributed by atoms with E-state index in [1.54, 1.807) is 18.5 Å². The molecular formula is C20H12N2O3. The largest absolute Gasteiger partial charge is 0.464 e. The number of carbonyl (C=O) groups excluding carboxylic acids is 2. The van der Waals surface area contributed by atoms with Crippen LogP contribution in [0, 0.1) is 0 Å². The van der Waals surface area contributed by atoms with Crippen molar-refractivity contribution in [3.63, 3.8) is 0 Å². The van der Waals surface area contributed by atoms with Crippen LogP contribution in [0.15, 0.2) is 65.4 Å². The summed E-state index contributed by atoms with van der Waals surface area (Å²) in [5.41, 5.74) is 3.54. The monoisotopic (exact) mass is 328 g/mol. The van der Waals surface area contributed by atoms with Gasteiger partial charge in [0.05, 0.1) is 17.4 Å². The normalized spacial score (nSPS) is 14.7. The van der Waals surface area contributed by atoms with Crippen molar-refractivity contribution in [1.82, 2.24) is 10.3 Å². The van der Waals surface area contributed by atoms with Crippen molar-refractivity contribution < 1.29 is 14.0 Å². The molecule has 0 saturated heterocycles. The van der Waals surface area contributed by atoms with Gasteiger partial charge >= 0.3 is 0 Å². The summed E-state index contributed by atoms with van der Waals surface area (Å²) in [5, 5.41) is 4.20. The summed E-state index contributed by atoms with van der Waals surface area (Å²) >= 11 is 0. The van der Waals surface area contributed by atoms with Gasteiger partial charge in [-0.15, -0.1) is 0 Å². The van der Waals surface area contributed by atoms with Crippen LogP contribution < -0.4 is 5.32 Å². The molecule has 25 heavy (non-hydrogen) atoms. The quantitative estimate of drug-likeness (QED) is 0.553. The minimum Gasteiger partial charge on any atom is -0.464 e. The van der Waals surface area contributed by atoms with Crippen LogP contribution in [0.1, 0.15) is 11.1 Å². The Morgan fingerprint density at radius 2 is 1.60 bits per heavy atom. The molecule has 0 unspecified atom stereocenters. The second-order valence-corrected chi connectivity index (χ2v) is 5.93. The van der Waals surface area contributed by atoms with Gasteiger partial charge in [0.2, 0.25) is 0 Å². The first-order valence-corrected chi connectivity index (χ1v) is 7.87. The molecule has 0 aliphatic carbocycles. The molecule has 0 fully saturated rings. The van der Waals surface area contributed by atoms with E-state index in [-0.39, 0.29) is 0 Å². The Balaban J connectivity index is 1.87. The molecule has 0 saturated carbocycles. The van der Waals surface area contributed by atoms with Crippen molar-refractivity contribution in [2.24, 2.45) is 0 Å². The fourth-order valence-corrected chi connectivity index (χ4v) is 3.44. The summed E-state index contributed by atoms with van der Waals surface area (Å²) in [4.78, 5) is 28.3. The smallest absolute Gasteiger partial charge is 0.259 e. The lowest BCUT2D eigenvalue weighted by atomic mass is 9.95. The van der Waals surface area contributed by atoms with E-state index in [1.807, 2.05) is 42.5 Å². The predicted molar refractivity (Wildman–Crippen MR) is 94.5 cm³/mol. The van der Waals surface area contributed by atoms with Crippen LogP contribution in [0.25, 0.3) is 33.0 Å². The summed E-state index contributed by atoms with van der Waals surface area (Å²) in [6.07, 6.45) is 3.34. The van der Waals surface area contributed by atoms with Crippen LogP contribution in [0.3, 0.4) is 0 Å². The van der Waals surface area contributed by atoms with Gasteiger partial charge in [0, 0.05) is 33.6 Å². The number of imide groups is 1. The van der Waals surface area contributed by atoms with E-state index < -0.39 is 11.8 Å². The number of nitrogens with one attached hydrogen (secondary N) is 2. The molecule has 2 N–H and O–H groups in total. The van der Waals surface area contributed by atoms with Crippen LogP contribution in [-0.4, -0.2) is 16.8 Å². The lowest BCUT2D eigenvalue weighted by molar-refractivity contribution is -0.122. The summed E-state index contributed by atoms with van der Waals surface area (Å²) in [5.74, 6) is -0.803. The van der Waals surface area contributed by atoms with E-state index >= 15 is 0 Å². The van der Waals surface area contributed by atoms with Gasteiger partial charge < -0.3 is 9.40 Å². The number of para-hydroxylation sites is 2. The molecule has 0 bridgehead atoms. The maximum atomic E-state index is 12.6. The van der Waals surface area contributed by atoms with Crippen LogP contribution in [-0.2, 0) is 9.59 Å². The summed E-state index contributed by atoms with van der Waals surface area (Å²) < 4.78 is 5.56. The summed E-state index contributed by atoms with van der Waals surface area (Å²) in [6.45, 7) is 0. The van der Waals surface area contributed by atoms with Gasteiger partial charge in [-0.2, -0.15) is 0 Å². The molecule has 2 aromatic heterocycles. The zero-order chi connectivity index (χ0) is 17.0. The second-order valence-electron chi connectivity index (χ2n) is 5.93. The third-order valence-electron chi connectivity index (χ3n) is 4.54. The summed E-state index contributed by atoms with van der Waals surface area (Å²) in [7, 11) is 0. The van der Waals surface area contributed by atoms with E-state index in [2.05, 4.69) is 10.3 Å². The van der Waals surface area contributed by atoms with Gasteiger partial charge in [0.25, 0.3) is 11.8 Å². The maximum Gasteiger partial charge on any atom is 0.259 e. The fraction of sp³-hybridized carbons (Fsp3) is 0. The average molecular weight is 328 g/mol. The standard InChI is InChI=1S/C20H12N2O3/c23-19-16(13-6-3-4-11-8-9-25-18(11)13)17(20(24)22-19)14-10-21-15-7-2-1-5-12(14)15/h1-10,21H,(H,22,23,24). The lowest BCUT2D eigenvalue weighted by Gasteiger charge is -2.05. The first-order chi connectivity index (χ1) is 12.2. The number of benzene rings is 2. The molecule has 1 aliphatic heterocycles. The Morgan fingerprint density at radius 3 is 2.48 bits per heavy atom. The Hall–Kier alpha value is -3.60. The van der Waals surface area contributed by atoms with Crippen molar-refractivity contribution in [3.8, 4) is 0 Å². The molecule has 5 rings (SSSR count). The van der Waals surface area contributed by atoms with E-state index in [0.717, 1.165) is 16.3 Å². The number of furan rings is 1.